The van der Waals surface area contributed by atoms with Gasteiger partial charge in [-0.3, -0.25) is 9.48 Å². The van der Waals surface area contributed by atoms with Crippen LogP contribution >= 0.6 is 0 Å². The first-order valence-corrected chi connectivity index (χ1v) is 8.47. The molecular formula is C18H21N3O4. The number of hydrogen-bond acceptors (Lipinski definition) is 5. The van der Waals surface area contributed by atoms with Crippen molar-refractivity contribution < 1.29 is 19.0 Å². The van der Waals surface area contributed by atoms with Crippen LogP contribution in [0.15, 0.2) is 30.5 Å². The highest BCUT2D eigenvalue weighted by molar-refractivity contribution is 5.98. The van der Waals surface area contributed by atoms with Gasteiger partial charge in [0.2, 0.25) is 0 Å². The predicted octanol–water partition coefficient (Wildman–Crippen LogP) is 1.72. The lowest BCUT2D eigenvalue weighted by molar-refractivity contribution is 0.0495. The van der Waals surface area contributed by atoms with Crippen LogP contribution in [0, 0.1) is 0 Å². The van der Waals surface area contributed by atoms with Gasteiger partial charge >= 0.3 is 0 Å². The Hall–Kier alpha value is -2.54. The van der Waals surface area contributed by atoms with Gasteiger partial charge in [0.25, 0.3) is 5.91 Å². The first kappa shape index (κ1) is 16.0. The molecule has 0 spiro atoms. The highest BCUT2D eigenvalue weighted by Crippen LogP contribution is 2.35. The van der Waals surface area contributed by atoms with Gasteiger partial charge in [-0.05, 0) is 24.6 Å². The van der Waals surface area contributed by atoms with E-state index in [-0.39, 0.29) is 11.9 Å². The van der Waals surface area contributed by atoms with Crippen LogP contribution in [0.3, 0.4) is 0 Å². The lowest BCUT2D eigenvalue weighted by atomic mass is 10.1. The summed E-state index contributed by atoms with van der Waals surface area (Å²) in [6, 6.07) is 7.39. The molecule has 1 aromatic carbocycles. The highest BCUT2D eigenvalue weighted by Gasteiger charge is 2.31. The second-order valence-corrected chi connectivity index (χ2v) is 6.21. The molecule has 2 aliphatic rings. The number of ether oxygens (including phenoxy) is 3. The molecule has 0 bridgehead atoms. The van der Waals surface area contributed by atoms with E-state index in [1.165, 1.54) is 0 Å². The van der Waals surface area contributed by atoms with Crippen molar-refractivity contribution in [2.45, 2.75) is 25.6 Å². The van der Waals surface area contributed by atoms with Crippen molar-refractivity contribution >= 4 is 5.91 Å². The highest BCUT2D eigenvalue weighted by atomic mass is 16.6. The molecule has 1 amide bonds. The number of hydrogen-bond donors (Lipinski definition) is 0. The van der Waals surface area contributed by atoms with Gasteiger partial charge in [-0.1, -0.05) is 6.07 Å². The second-order valence-electron chi connectivity index (χ2n) is 6.21. The number of carbonyl (C=O) groups excluding carboxylic acids is 1. The molecule has 7 nitrogen and oxygen atoms in total. The largest absolute Gasteiger partial charge is 0.486 e. The van der Waals surface area contributed by atoms with E-state index in [0.717, 1.165) is 18.7 Å². The smallest absolute Gasteiger partial charge is 0.258 e. The fraction of sp³-hybridized carbons (Fsp3) is 0.444. The van der Waals surface area contributed by atoms with Crippen LogP contribution in [-0.2, 0) is 17.8 Å². The van der Waals surface area contributed by atoms with Crippen molar-refractivity contribution in [3.05, 3.63) is 41.7 Å². The summed E-state index contributed by atoms with van der Waals surface area (Å²) < 4.78 is 18.7. The van der Waals surface area contributed by atoms with E-state index < -0.39 is 0 Å². The third kappa shape index (κ3) is 2.95. The van der Waals surface area contributed by atoms with Crippen LogP contribution in [0.2, 0.25) is 0 Å². The lowest BCUT2D eigenvalue weighted by Gasteiger charge is -2.30. The number of benzene rings is 1. The Morgan fingerprint density at radius 1 is 1.32 bits per heavy atom. The topological polar surface area (TPSA) is 65.8 Å². The molecule has 3 heterocycles. The van der Waals surface area contributed by atoms with Crippen LogP contribution in [0.5, 0.6) is 11.5 Å². The van der Waals surface area contributed by atoms with Gasteiger partial charge in [0.1, 0.15) is 13.2 Å². The van der Waals surface area contributed by atoms with Gasteiger partial charge in [-0.2, -0.15) is 5.10 Å². The maximum atomic E-state index is 13.3. The summed E-state index contributed by atoms with van der Waals surface area (Å²) in [5.74, 6) is 1.09. The Morgan fingerprint density at radius 3 is 3.08 bits per heavy atom. The zero-order chi connectivity index (χ0) is 17.2. The van der Waals surface area contributed by atoms with E-state index in [9.17, 15) is 4.79 Å². The number of rotatable bonds is 3. The first-order chi connectivity index (χ1) is 12.3. The zero-order valence-corrected chi connectivity index (χ0v) is 14.2. The maximum Gasteiger partial charge on any atom is 0.258 e. The van der Waals surface area contributed by atoms with Gasteiger partial charge in [0, 0.05) is 19.9 Å². The molecule has 0 saturated carbocycles. The van der Waals surface area contributed by atoms with Crippen LogP contribution in [-0.4, -0.2) is 53.6 Å². The molecule has 2 aliphatic heterocycles. The molecule has 0 saturated heterocycles. The number of para-hydroxylation sites is 1. The molecule has 0 fully saturated rings. The molecule has 7 heteroatoms. The fourth-order valence-corrected chi connectivity index (χ4v) is 3.43. The van der Waals surface area contributed by atoms with Crippen molar-refractivity contribution in [1.29, 1.82) is 0 Å². The minimum absolute atomic E-state index is 0.0143. The number of methoxy groups -OCH3 is 1. The van der Waals surface area contributed by atoms with E-state index in [1.54, 1.807) is 19.4 Å². The number of amides is 1. The molecule has 0 radical (unpaired) electrons. The third-order valence-corrected chi connectivity index (χ3v) is 4.67. The Kier molecular flexibility index (Phi) is 4.31. The quantitative estimate of drug-likeness (QED) is 0.849. The van der Waals surface area contributed by atoms with Crippen molar-refractivity contribution in [2.75, 3.05) is 26.9 Å². The number of aryl methyl sites for hydroxylation is 1. The van der Waals surface area contributed by atoms with E-state index in [2.05, 4.69) is 5.10 Å². The van der Waals surface area contributed by atoms with Gasteiger partial charge < -0.3 is 19.1 Å². The number of nitrogens with zero attached hydrogens (tertiary/aromatic N) is 3. The van der Waals surface area contributed by atoms with Crippen LogP contribution in [0.25, 0.3) is 0 Å². The Labute approximate surface area is 146 Å². The lowest BCUT2D eigenvalue weighted by Crippen LogP contribution is -2.42. The van der Waals surface area contributed by atoms with Crippen LogP contribution < -0.4 is 9.47 Å². The second kappa shape index (κ2) is 6.76. The van der Waals surface area contributed by atoms with E-state index in [0.29, 0.717) is 43.4 Å². The molecular weight excluding hydrogens is 322 g/mol. The summed E-state index contributed by atoms with van der Waals surface area (Å²) in [6.07, 6.45) is 2.57. The normalized spacial score (nSPS) is 19.2. The van der Waals surface area contributed by atoms with Gasteiger partial charge in [0.15, 0.2) is 11.5 Å². The monoisotopic (exact) mass is 343 g/mol. The third-order valence-electron chi connectivity index (χ3n) is 4.67. The molecule has 132 valence electrons. The Bertz CT molecular complexity index is 773. The minimum Gasteiger partial charge on any atom is -0.486 e. The van der Waals surface area contributed by atoms with Crippen LogP contribution in [0.1, 0.15) is 22.5 Å². The Balaban J connectivity index is 1.69. The molecule has 2 aromatic rings. The molecule has 1 atom stereocenters. The summed E-state index contributed by atoms with van der Waals surface area (Å²) in [5.41, 5.74) is 1.56. The molecule has 25 heavy (non-hydrogen) atoms. The van der Waals surface area contributed by atoms with Gasteiger partial charge in [0.05, 0.1) is 30.5 Å². The molecule has 0 unspecified atom stereocenters. The molecule has 1 aromatic heterocycles. The number of carbonyl (C=O) groups is 1. The van der Waals surface area contributed by atoms with Crippen molar-refractivity contribution in [3.63, 3.8) is 0 Å². The molecule has 0 N–H and O–H groups in total. The predicted molar refractivity (Wildman–Crippen MR) is 89.8 cm³/mol. The van der Waals surface area contributed by atoms with E-state index in [1.807, 2.05) is 27.8 Å². The fourth-order valence-electron chi connectivity index (χ4n) is 3.43. The summed E-state index contributed by atoms with van der Waals surface area (Å²) in [6.45, 7) is 2.71. The zero-order valence-electron chi connectivity index (χ0n) is 14.2. The SMILES string of the molecule is COC[C@H]1CCn2nccc2CN1C(=O)c1cccc2c1OCCO2. The summed E-state index contributed by atoms with van der Waals surface area (Å²) in [7, 11) is 1.66. The summed E-state index contributed by atoms with van der Waals surface area (Å²) >= 11 is 0. The van der Waals surface area contributed by atoms with Crippen LogP contribution in [0.4, 0.5) is 0 Å². The number of aromatic nitrogens is 2. The number of fused-ring (bicyclic) bond motifs is 2. The van der Waals surface area contributed by atoms with Gasteiger partial charge in [-0.15, -0.1) is 0 Å². The summed E-state index contributed by atoms with van der Waals surface area (Å²) in [4.78, 5) is 15.2. The molecule has 0 aliphatic carbocycles. The van der Waals surface area contributed by atoms with Crippen molar-refractivity contribution in [1.82, 2.24) is 14.7 Å². The van der Waals surface area contributed by atoms with E-state index in [4.69, 9.17) is 14.2 Å². The van der Waals surface area contributed by atoms with Crippen molar-refractivity contribution in [3.8, 4) is 11.5 Å². The average molecular weight is 343 g/mol. The van der Waals surface area contributed by atoms with Crippen molar-refractivity contribution in [2.24, 2.45) is 0 Å². The summed E-state index contributed by atoms with van der Waals surface area (Å²) in [5, 5.41) is 4.34. The first-order valence-electron chi connectivity index (χ1n) is 8.47. The van der Waals surface area contributed by atoms with E-state index >= 15 is 0 Å². The average Bonchev–Trinajstić information content (AvgIpc) is 3.02. The minimum atomic E-state index is -0.0703. The Morgan fingerprint density at radius 2 is 2.20 bits per heavy atom. The molecule has 4 rings (SSSR count). The maximum absolute atomic E-state index is 13.3. The standard InChI is InChI=1S/C18H21N3O4/c1-23-12-14-6-8-21-13(5-7-19-21)11-20(14)18(22)15-3-2-4-16-17(15)25-10-9-24-16/h2-5,7,14H,6,8-12H2,1H3/t14-/m1/s1. The van der Waals surface area contributed by atoms with Gasteiger partial charge in [-0.25, -0.2) is 0 Å².